The highest BCUT2D eigenvalue weighted by Crippen LogP contribution is 2.34. The fraction of sp³-hybridized carbons (Fsp3) is 0.385. The van der Waals surface area contributed by atoms with Crippen LogP contribution in [0.2, 0.25) is 0 Å². The minimum atomic E-state index is -3.01. The maximum absolute atomic E-state index is 14.3. The molecule has 1 aromatic carbocycles. The van der Waals surface area contributed by atoms with Crippen LogP contribution in [0.1, 0.15) is 35.2 Å². The lowest BCUT2D eigenvalue weighted by molar-refractivity contribution is 0.144. The Morgan fingerprint density at radius 3 is 2.65 bits per heavy atom. The van der Waals surface area contributed by atoms with Gasteiger partial charge in [-0.05, 0) is 30.4 Å². The molecule has 0 fully saturated rings. The first kappa shape index (κ1) is 13.1. The van der Waals surface area contributed by atoms with Gasteiger partial charge < -0.3 is 10.1 Å². The summed E-state index contributed by atoms with van der Waals surface area (Å²) < 4.78 is 39.8. The Bertz CT molecular complexity index is 756. The van der Waals surface area contributed by atoms with Crippen molar-refractivity contribution in [3.63, 3.8) is 0 Å². The van der Waals surface area contributed by atoms with E-state index in [1.807, 2.05) is 0 Å². The summed E-state index contributed by atoms with van der Waals surface area (Å²) in [5, 5.41) is 9.28. The Kier molecular flexibility index (Phi) is 3.01. The summed E-state index contributed by atoms with van der Waals surface area (Å²) in [5.41, 5.74) is -0.754. The second-order valence-electron chi connectivity index (χ2n) is 4.74. The first-order valence-corrected chi connectivity index (χ1v) is 6.19. The van der Waals surface area contributed by atoms with Gasteiger partial charge in [0, 0.05) is 5.56 Å². The molecule has 3 rings (SSSR count). The number of nitrogens with zero attached hydrogens (tertiary/aromatic N) is 1. The Balaban J connectivity index is 2.45. The lowest BCUT2D eigenvalue weighted by Crippen LogP contribution is -2.17. The first-order valence-electron chi connectivity index (χ1n) is 6.19. The predicted octanol–water partition coefficient (Wildman–Crippen LogP) is 1.98. The van der Waals surface area contributed by atoms with Crippen LogP contribution in [0.3, 0.4) is 0 Å². The largest absolute Gasteiger partial charge is 0.392 e. The number of hydrogen-bond acceptors (Lipinski definition) is 3. The number of aliphatic hydroxyl groups excluding tert-OH is 1. The van der Waals surface area contributed by atoms with Crippen molar-refractivity contribution in [2.45, 2.75) is 32.3 Å². The van der Waals surface area contributed by atoms with E-state index in [4.69, 9.17) is 0 Å². The van der Waals surface area contributed by atoms with Crippen molar-refractivity contribution in [3.8, 4) is 0 Å². The number of H-pyrrole nitrogens is 1. The Hall–Kier alpha value is -1.89. The van der Waals surface area contributed by atoms with E-state index in [2.05, 4.69) is 9.97 Å². The van der Waals surface area contributed by atoms with E-state index in [0.717, 1.165) is 6.42 Å². The smallest absolute Gasteiger partial charge is 0.285 e. The van der Waals surface area contributed by atoms with Gasteiger partial charge in [-0.1, -0.05) is 0 Å². The van der Waals surface area contributed by atoms with Crippen molar-refractivity contribution in [1.29, 1.82) is 0 Å². The van der Waals surface area contributed by atoms with Crippen molar-refractivity contribution in [2.75, 3.05) is 0 Å². The highest BCUT2D eigenvalue weighted by Gasteiger charge is 2.26. The van der Waals surface area contributed by atoms with Crippen LogP contribution in [0.15, 0.2) is 4.79 Å². The summed E-state index contributed by atoms with van der Waals surface area (Å²) in [4.78, 5) is 17.3. The number of aliphatic hydroxyl groups is 1. The van der Waals surface area contributed by atoms with E-state index in [9.17, 15) is 23.1 Å². The molecule has 0 radical (unpaired) electrons. The zero-order chi connectivity index (χ0) is 14.4. The van der Waals surface area contributed by atoms with Crippen LogP contribution in [0.25, 0.3) is 11.0 Å². The van der Waals surface area contributed by atoms with Gasteiger partial charge in [0.05, 0.1) is 12.1 Å². The topological polar surface area (TPSA) is 66.0 Å². The molecular weight excluding hydrogens is 273 g/mol. The average molecular weight is 284 g/mol. The monoisotopic (exact) mass is 284 g/mol. The molecule has 0 spiro atoms. The Morgan fingerprint density at radius 2 is 2.00 bits per heavy atom. The molecule has 4 nitrogen and oxygen atoms in total. The molecule has 1 aliphatic rings. The highest BCUT2D eigenvalue weighted by atomic mass is 19.3. The van der Waals surface area contributed by atoms with Crippen LogP contribution in [-0.4, -0.2) is 15.1 Å². The Labute approximate surface area is 111 Å². The summed E-state index contributed by atoms with van der Waals surface area (Å²) >= 11 is 0. The lowest BCUT2D eigenvalue weighted by Gasteiger charge is -2.12. The number of rotatable bonds is 2. The molecule has 20 heavy (non-hydrogen) atoms. The average Bonchev–Trinajstić information content (AvgIpc) is 2.88. The third-order valence-electron chi connectivity index (χ3n) is 3.66. The first-order chi connectivity index (χ1) is 9.54. The molecule has 0 saturated carbocycles. The number of nitrogens with one attached hydrogen (secondary N) is 1. The predicted molar refractivity (Wildman–Crippen MR) is 65.2 cm³/mol. The zero-order valence-electron chi connectivity index (χ0n) is 10.3. The summed E-state index contributed by atoms with van der Waals surface area (Å²) in [6.45, 7) is -0.497. The second-order valence-corrected chi connectivity index (χ2v) is 4.74. The molecule has 7 heteroatoms. The molecule has 1 heterocycles. The molecule has 0 atom stereocenters. The van der Waals surface area contributed by atoms with E-state index in [1.165, 1.54) is 0 Å². The minimum absolute atomic E-state index is 0.0714. The summed E-state index contributed by atoms with van der Waals surface area (Å²) in [6, 6.07) is 0. The molecule has 0 aliphatic heterocycles. The van der Waals surface area contributed by atoms with Crippen LogP contribution >= 0.6 is 0 Å². The molecule has 2 N–H and O–H groups in total. The summed E-state index contributed by atoms with van der Waals surface area (Å²) in [6.07, 6.45) is -1.13. The van der Waals surface area contributed by atoms with E-state index < -0.39 is 30.1 Å². The Morgan fingerprint density at radius 1 is 1.30 bits per heavy atom. The number of aryl methyl sites for hydroxylation is 1. The van der Waals surface area contributed by atoms with Gasteiger partial charge in [-0.15, -0.1) is 0 Å². The quantitative estimate of drug-likeness (QED) is 0.886. The van der Waals surface area contributed by atoms with Crippen molar-refractivity contribution in [2.24, 2.45) is 0 Å². The molecule has 0 unspecified atom stereocenters. The van der Waals surface area contributed by atoms with Gasteiger partial charge in [0.2, 0.25) is 0 Å². The standard InChI is InChI=1S/C13H11F3N2O2/c14-8-7(4-19)5-2-1-3-6(5)9-10(8)18-13(20)11(17-9)12(15)16/h12,19H,1-4H2,(H,18,20). The van der Waals surface area contributed by atoms with Crippen molar-refractivity contribution in [3.05, 3.63) is 38.6 Å². The lowest BCUT2D eigenvalue weighted by atomic mass is 10.0. The van der Waals surface area contributed by atoms with Crippen LogP contribution in [0, 0.1) is 5.82 Å². The fourth-order valence-electron chi connectivity index (χ4n) is 2.78. The van der Waals surface area contributed by atoms with Gasteiger partial charge in [0.25, 0.3) is 12.0 Å². The zero-order valence-corrected chi connectivity index (χ0v) is 10.3. The number of fused-ring (bicyclic) bond motifs is 3. The van der Waals surface area contributed by atoms with E-state index >= 15 is 0 Å². The van der Waals surface area contributed by atoms with E-state index in [-0.39, 0.29) is 16.6 Å². The second kappa shape index (κ2) is 4.59. The molecule has 1 aliphatic carbocycles. The normalized spacial score (nSPS) is 14.2. The summed E-state index contributed by atoms with van der Waals surface area (Å²) in [7, 11) is 0. The minimum Gasteiger partial charge on any atom is -0.392 e. The SMILES string of the molecule is O=c1[nH]c2c(F)c(CO)c3c(c2nc1C(F)F)CCC3. The highest BCUT2D eigenvalue weighted by molar-refractivity contribution is 5.82. The number of aromatic amines is 1. The van der Waals surface area contributed by atoms with Crippen LogP contribution < -0.4 is 5.56 Å². The third-order valence-corrected chi connectivity index (χ3v) is 3.66. The van der Waals surface area contributed by atoms with Gasteiger partial charge in [-0.3, -0.25) is 4.79 Å². The fourth-order valence-corrected chi connectivity index (χ4v) is 2.78. The van der Waals surface area contributed by atoms with Crippen molar-refractivity contribution >= 4 is 11.0 Å². The van der Waals surface area contributed by atoms with E-state index in [0.29, 0.717) is 24.0 Å². The maximum Gasteiger partial charge on any atom is 0.285 e. The van der Waals surface area contributed by atoms with Gasteiger partial charge >= 0.3 is 0 Å². The van der Waals surface area contributed by atoms with Gasteiger partial charge in [0.15, 0.2) is 11.5 Å². The van der Waals surface area contributed by atoms with Gasteiger partial charge in [-0.2, -0.15) is 0 Å². The number of aromatic nitrogens is 2. The molecular formula is C13H11F3N2O2. The van der Waals surface area contributed by atoms with Crippen molar-refractivity contribution < 1.29 is 18.3 Å². The number of halogens is 3. The summed E-state index contributed by atoms with van der Waals surface area (Å²) in [5.74, 6) is -0.784. The maximum atomic E-state index is 14.3. The molecule has 106 valence electrons. The molecule has 0 bridgehead atoms. The van der Waals surface area contributed by atoms with Gasteiger partial charge in [-0.25, -0.2) is 18.2 Å². The van der Waals surface area contributed by atoms with Gasteiger partial charge in [0.1, 0.15) is 5.52 Å². The van der Waals surface area contributed by atoms with Crippen LogP contribution in [0.5, 0.6) is 0 Å². The molecule has 2 aromatic rings. The number of hydrogen-bond donors (Lipinski definition) is 2. The van der Waals surface area contributed by atoms with Crippen LogP contribution in [-0.2, 0) is 19.4 Å². The third kappa shape index (κ3) is 1.73. The van der Waals surface area contributed by atoms with Crippen LogP contribution in [0.4, 0.5) is 13.2 Å². The molecule has 0 amide bonds. The molecule has 1 aromatic heterocycles. The van der Waals surface area contributed by atoms with E-state index in [1.54, 1.807) is 0 Å². The molecule has 0 saturated heterocycles. The van der Waals surface area contributed by atoms with Crippen molar-refractivity contribution in [1.82, 2.24) is 9.97 Å². The number of alkyl halides is 2. The number of benzene rings is 1.